The number of carbonyl (C=O) groups excluding carboxylic acids is 1. The highest BCUT2D eigenvalue weighted by atomic mass is 19.4. The van der Waals surface area contributed by atoms with Gasteiger partial charge in [0.1, 0.15) is 0 Å². The molecule has 0 heterocycles. The summed E-state index contributed by atoms with van der Waals surface area (Å²) in [5, 5.41) is 2.16. The fourth-order valence-electron chi connectivity index (χ4n) is 1.88. The number of primary amides is 1. The average Bonchev–Trinajstić information content (AvgIpc) is 2.01. The Morgan fingerprint density at radius 3 is 2.36 bits per heavy atom. The van der Waals surface area contributed by atoms with Crippen LogP contribution in [0.25, 0.3) is 0 Å². The first-order chi connectivity index (χ1) is 6.41. The zero-order chi connectivity index (χ0) is 10.8. The molecule has 14 heavy (non-hydrogen) atoms. The fraction of sp³-hybridized carbons (Fsp3) is 0.875. The SMILES string of the molecule is NC(=O)N[C@@H]1CCCC[C@@H]1C(F)(F)F. The van der Waals surface area contributed by atoms with E-state index in [-0.39, 0.29) is 6.42 Å². The molecule has 0 aromatic carbocycles. The van der Waals surface area contributed by atoms with Crippen LogP contribution < -0.4 is 11.1 Å². The third-order valence-corrected chi connectivity index (χ3v) is 2.51. The lowest BCUT2D eigenvalue weighted by Gasteiger charge is -2.32. The predicted molar refractivity (Wildman–Crippen MR) is 44.5 cm³/mol. The number of amides is 2. The van der Waals surface area contributed by atoms with Gasteiger partial charge < -0.3 is 11.1 Å². The van der Waals surface area contributed by atoms with E-state index >= 15 is 0 Å². The number of rotatable bonds is 1. The molecule has 0 saturated heterocycles. The van der Waals surface area contributed by atoms with Crippen LogP contribution in [0.15, 0.2) is 0 Å². The zero-order valence-corrected chi connectivity index (χ0v) is 7.60. The van der Waals surface area contributed by atoms with Crippen molar-refractivity contribution in [1.29, 1.82) is 0 Å². The Morgan fingerprint density at radius 1 is 1.29 bits per heavy atom. The summed E-state index contributed by atoms with van der Waals surface area (Å²) in [6.45, 7) is 0. The van der Waals surface area contributed by atoms with Gasteiger partial charge >= 0.3 is 12.2 Å². The van der Waals surface area contributed by atoms with Crippen LogP contribution in [0.2, 0.25) is 0 Å². The molecule has 6 heteroatoms. The summed E-state index contributed by atoms with van der Waals surface area (Å²) in [5.74, 6) is -1.44. The van der Waals surface area contributed by atoms with E-state index < -0.39 is 24.2 Å². The number of hydrogen-bond acceptors (Lipinski definition) is 1. The molecule has 2 amide bonds. The Labute approximate surface area is 79.8 Å². The first kappa shape index (κ1) is 11.1. The third kappa shape index (κ3) is 2.78. The molecule has 0 bridgehead atoms. The molecule has 1 aliphatic carbocycles. The predicted octanol–water partition coefficient (Wildman–Crippen LogP) is 1.78. The van der Waals surface area contributed by atoms with Crippen LogP contribution in [0.5, 0.6) is 0 Å². The minimum atomic E-state index is -4.24. The smallest absolute Gasteiger partial charge is 0.352 e. The van der Waals surface area contributed by atoms with Gasteiger partial charge in [0.2, 0.25) is 0 Å². The maximum Gasteiger partial charge on any atom is 0.393 e. The minimum absolute atomic E-state index is 0.0778. The Morgan fingerprint density at radius 2 is 1.86 bits per heavy atom. The summed E-state index contributed by atoms with van der Waals surface area (Å²) in [6.07, 6.45) is -2.55. The maximum absolute atomic E-state index is 12.4. The number of nitrogens with one attached hydrogen (secondary N) is 1. The van der Waals surface area contributed by atoms with Crippen molar-refractivity contribution < 1.29 is 18.0 Å². The molecule has 3 N–H and O–H groups in total. The molecule has 1 saturated carbocycles. The highest BCUT2D eigenvalue weighted by Gasteiger charge is 2.45. The fourth-order valence-corrected chi connectivity index (χ4v) is 1.88. The maximum atomic E-state index is 12.4. The van der Waals surface area contributed by atoms with Gasteiger partial charge in [-0.2, -0.15) is 13.2 Å². The van der Waals surface area contributed by atoms with Gasteiger partial charge in [0.05, 0.1) is 5.92 Å². The van der Waals surface area contributed by atoms with E-state index in [1.165, 1.54) is 0 Å². The Balaban J connectivity index is 2.64. The van der Waals surface area contributed by atoms with Gasteiger partial charge in [-0.05, 0) is 12.8 Å². The van der Waals surface area contributed by atoms with E-state index in [1.807, 2.05) is 0 Å². The highest BCUT2D eigenvalue weighted by molar-refractivity contribution is 5.72. The summed E-state index contributed by atoms with van der Waals surface area (Å²) >= 11 is 0. The zero-order valence-electron chi connectivity index (χ0n) is 7.60. The van der Waals surface area contributed by atoms with Crippen molar-refractivity contribution in [2.24, 2.45) is 11.7 Å². The number of urea groups is 1. The summed E-state index contributed by atoms with van der Waals surface area (Å²) in [4.78, 5) is 10.5. The average molecular weight is 210 g/mol. The van der Waals surface area contributed by atoms with Gasteiger partial charge in [-0.1, -0.05) is 12.8 Å². The van der Waals surface area contributed by atoms with Crippen molar-refractivity contribution in [3.05, 3.63) is 0 Å². The lowest BCUT2D eigenvalue weighted by molar-refractivity contribution is -0.187. The van der Waals surface area contributed by atoms with E-state index in [4.69, 9.17) is 5.73 Å². The second-order valence-corrected chi connectivity index (χ2v) is 3.55. The molecule has 0 spiro atoms. The van der Waals surface area contributed by atoms with Crippen molar-refractivity contribution in [2.45, 2.75) is 37.9 Å². The van der Waals surface area contributed by atoms with Crippen LogP contribution in [-0.2, 0) is 0 Å². The normalized spacial score (nSPS) is 28.5. The molecule has 82 valence electrons. The topological polar surface area (TPSA) is 55.1 Å². The summed E-state index contributed by atoms with van der Waals surface area (Å²) in [7, 11) is 0. The van der Waals surface area contributed by atoms with Crippen LogP contribution >= 0.6 is 0 Å². The van der Waals surface area contributed by atoms with E-state index in [2.05, 4.69) is 5.32 Å². The van der Waals surface area contributed by atoms with Crippen LogP contribution in [-0.4, -0.2) is 18.2 Å². The number of alkyl halides is 3. The lowest BCUT2D eigenvalue weighted by Crippen LogP contribution is -2.49. The van der Waals surface area contributed by atoms with Gasteiger partial charge in [0.15, 0.2) is 0 Å². The van der Waals surface area contributed by atoms with E-state index in [1.54, 1.807) is 0 Å². The molecule has 0 unspecified atom stereocenters. The molecule has 0 aliphatic heterocycles. The van der Waals surface area contributed by atoms with Gasteiger partial charge in [-0.3, -0.25) is 0 Å². The Hall–Kier alpha value is -0.940. The van der Waals surface area contributed by atoms with Crippen molar-refractivity contribution in [3.8, 4) is 0 Å². The third-order valence-electron chi connectivity index (χ3n) is 2.51. The second kappa shape index (κ2) is 4.06. The molecule has 1 fully saturated rings. The second-order valence-electron chi connectivity index (χ2n) is 3.55. The van der Waals surface area contributed by atoms with Crippen LogP contribution in [0.1, 0.15) is 25.7 Å². The van der Waals surface area contributed by atoms with Crippen LogP contribution in [0.3, 0.4) is 0 Å². The van der Waals surface area contributed by atoms with E-state index in [9.17, 15) is 18.0 Å². The van der Waals surface area contributed by atoms with Gasteiger partial charge in [-0.25, -0.2) is 4.79 Å². The summed E-state index contributed by atoms with van der Waals surface area (Å²) < 4.78 is 37.3. The van der Waals surface area contributed by atoms with Crippen molar-refractivity contribution in [3.63, 3.8) is 0 Å². The summed E-state index contributed by atoms with van der Waals surface area (Å²) in [6, 6.07) is -1.73. The number of nitrogens with two attached hydrogens (primary N) is 1. The van der Waals surface area contributed by atoms with Crippen LogP contribution in [0.4, 0.5) is 18.0 Å². The monoisotopic (exact) mass is 210 g/mol. The quantitative estimate of drug-likeness (QED) is 0.681. The van der Waals surface area contributed by atoms with E-state index in [0.717, 1.165) is 0 Å². The van der Waals surface area contributed by atoms with Crippen molar-refractivity contribution in [1.82, 2.24) is 5.32 Å². The summed E-state index contributed by atoms with van der Waals surface area (Å²) in [5.41, 5.74) is 4.81. The minimum Gasteiger partial charge on any atom is -0.352 e. The molecule has 2 atom stereocenters. The van der Waals surface area contributed by atoms with Crippen molar-refractivity contribution in [2.75, 3.05) is 0 Å². The Bertz CT molecular complexity index is 217. The standard InChI is InChI=1S/C8H13F3N2O/c9-8(10,11)5-3-1-2-4-6(5)13-7(12)14/h5-6H,1-4H2,(H3,12,13,14)/t5-,6+/m0/s1. The highest BCUT2D eigenvalue weighted by Crippen LogP contribution is 2.37. The number of halogens is 3. The van der Waals surface area contributed by atoms with Crippen LogP contribution in [0, 0.1) is 5.92 Å². The largest absolute Gasteiger partial charge is 0.393 e. The molecule has 0 aromatic rings. The van der Waals surface area contributed by atoms with Gasteiger partial charge in [-0.15, -0.1) is 0 Å². The number of carbonyl (C=O) groups is 1. The molecule has 0 radical (unpaired) electrons. The molecular weight excluding hydrogens is 197 g/mol. The van der Waals surface area contributed by atoms with Gasteiger partial charge in [0, 0.05) is 6.04 Å². The first-order valence-corrected chi connectivity index (χ1v) is 4.54. The lowest BCUT2D eigenvalue weighted by atomic mass is 9.84. The molecule has 0 aromatic heterocycles. The molecular formula is C8H13F3N2O. The molecule has 1 rings (SSSR count). The first-order valence-electron chi connectivity index (χ1n) is 4.54. The van der Waals surface area contributed by atoms with E-state index in [0.29, 0.717) is 19.3 Å². The Kier molecular flexibility index (Phi) is 3.23. The molecule has 3 nitrogen and oxygen atoms in total. The molecule has 1 aliphatic rings. The number of hydrogen-bond donors (Lipinski definition) is 2. The van der Waals surface area contributed by atoms with Gasteiger partial charge in [0.25, 0.3) is 0 Å². The van der Waals surface area contributed by atoms with Crippen molar-refractivity contribution >= 4 is 6.03 Å².